The fourth-order valence-electron chi connectivity index (χ4n) is 3.42. The van der Waals surface area contributed by atoms with Crippen molar-refractivity contribution in [2.45, 2.75) is 32.9 Å². The molecule has 1 aromatic heterocycles. The number of carbonyl (C=O) groups is 1. The van der Waals surface area contributed by atoms with Crippen molar-refractivity contribution in [3.63, 3.8) is 0 Å². The largest absolute Gasteiger partial charge is 0.336 e. The third-order valence-electron chi connectivity index (χ3n) is 5.12. The monoisotopic (exact) mass is 336 g/mol. The third kappa shape index (κ3) is 4.05. The van der Waals surface area contributed by atoms with Crippen molar-refractivity contribution >= 4 is 17.4 Å². The minimum absolute atomic E-state index is 0.0842. The number of nitrogens with zero attached hydrogens (tertiary/aromatic N) is 3. The predicted octanol–water partition coefficient (Wildman–Crippen LogP) is 1.84. The summed E-state index contributed by atoms with van der Waals surface area (Å²) < 4.78 is 0. The van der Waals surface area contributed by atoms with Crippen LogP contribution in [0.4, 0.5) is 4.79 Å². The summed E-state index contributed by atoms with van der Waals surface area (Å²) in [6.45, 7) is 12.4. The molecule has 23 heavy (non-hydrogen) atoms. The van der Waals surface area contributed by atoms with Crippen molar-refractivity contribution in [3.05, 3.63) is 21.9 Å². The maximum Gasteiger partial charge on any atom is 0.317 e. The van der Waals surface area contributed by atoms with Crippen LogP contribution in [0.2, 0.25) is 0 Å². The van der Waals surface area contributed by atoms with Crippen molar-refractivity contribution in [1.29, 1.82) is 0 Å². The molecule has 1 fully saturated rings. The summed E-state index contributed by atoms with van der Waals surface area (Å²) in [5.74, 6) is 0. The lowest BCUT2D eigenvalue weighted by Crippen LogP contribution is -2.53. The van der Waals surface area contributed by atoms with Crippen LogP contribution in [-0.4, -0.2) is 72.6 Å². The number of likely N-dealkylation sites (N-methyl/N-ethyl adjacent to an activating group) is 1. The second-order valence-electron chi connectivity index (χ2n) is 6.55. The lowest BCUT2D eigenvalue weighted by atomic mass is 10.1. The van der Waals surface area contributed by atoms with Gasteiger partial charge in [-0.3, -0.25) is 4.90 Å². The summed E-state index contributed by atoms with van der Waals surface area (Å²) in [4.78, 5) is 20.8. The first-order valence-corrected chi connectivity index (χ1v) is 9.59. The number of nitrogens with one attached hydrogen (secondary N) is 1. The highest BCUT2D eigenvalue weighted by Gasteiger charge is 2.23. The topological polar surface area (TPSA) is 38.8 Å². The molecule has 0 aliphatic carbocycles. The van der Waals surface area contributed by atoms with E-state index in [1.54, 1.807) is 0 Å². The van der Waals surface area contributed by atoms with E-state index in [0.29, 0.717) is 6.04 Å². The molecule has 3 rings (SSSR count). The normalized spacial score (nSPS) is 21.0. The fraction of sp³-hybridized carbons (Fsp3) is 0.706. The quantitative estimate of drug-likeness (QED) is 0.912. The van der Waals surface area contributed by atoms with Crippen LogP contribution in [0.5, 0.6) is 0 Å². The van der Waals surface area contributed by atoms with Crippen LogP contribution in [0.1, 0.15) is 24.3 Å². The van der Waals surface area contributed by atoms with Gasteiger partial charge in [0.15, 0.2) is 0 Å². The molecule has 0 aromatic carbocycles. The van der Waals surface area contributed by atoms with Gasteiger partial charge in [0.25, 0.3) is 0 Å². The average molecular weight is 337 g/mol. The predicted molar refractivity (Wildman–Crippen MR) is 95.0 cm³/mol. The van der Waals surface area contributed by atoms with E-state index in [1.807, 2.05) is 16.2 Å². The maximum atomic E-state index is 12.4. The smallest absolute Gasteiger partial charge is 0.317 e. The Morgan fingerprint density at radius 2 is 2.09 bits per heavy atom. The molecule has 3 heterocycles. The summed E-state index contributed by atoms with van der Waals surface area (Å²) in [6.07, 6.45) is 0.995. The summed E-state index contributed by atoms with van der Waals surface area (Å²) in [5, 5.41) is 5.26. The van der Waals surface area contributed by atoms with Crippen LogP contribution in [0, 0.1) is 0 Å². The average Bonchev–Trinajstić information content (AvgIpc) is 3.07. The highest BCUT2D eigenvalue weighted by molar-refractivity contribution is 7.10. The van der Waals surface area contributed by atoms with E-state index >= 15 is 0 Å². The summed E-state index contributed by atoms with van der Waals surface area (Å²) in [6, 6.07) is 2.63. The number of fused-ring (bicyclic) bond motifs is 1. The molecule has 5 nitrogen and oxygen atoms in total. The van der Waals surface area contributed by atoms with Gasteiger partial charge in [0.2, 0.25) is 0 Å². The van der Waals surface area contributed by atoms with Crippen LogP contribution in [-0.2, 0) is 13.0 Å². The highest BCUT2D eigenvalue weighted by atomic mass is 32.1. The molecule has 128 valence electrons. The number of amides is 2. The Morgan fingerprint density at radius 3 is 2.83 bits per heavy atom. The number of hydrogen-bond donors (Lipinski definition) is 1. The van der Waals surface area contributed by atoms with Crippen molar-refractivity contribution in [2.75, 3.05) is 45.8 Å². The Balaban J connectivity index is 1.42. The summed E-state index contributed by atoms with van der Waals surface area (Å²) >= 11 is 1.81. The van der Waals surface area contributed by atoms with E-state index in [1.165, 1.54) is 10.4 Å². The standard InChI is InChI=1S/C17H28N4OS/c1-3-19-7-9-20(10-8-19)14(2)12-18-17(22)21-6-4-16-15(13-21)5-11-23-16/h5,11,14H,3-4,6-10,12-13H2,1-2H3,(H,18,22). The molecule has 1 aromatic rings. The van der Waals surface area contributed by atoms with E-state index in [4.69, 9.17) is 0 Å². The van der Waals surface area contributed by atoms with Crippen molar-refractivity contribution in [2.24, 2.45) is 0 Å². The van der Waals surface area contributed by atoms with Gasteiger partial charge in [-0.15, -0.1) is 11.3 Å². The van der Waals surface area contributed by atoms with E-state index < -0.39 is 0 Å². The van der Waals surface area contributed by atoms with Gasteiger partial charge in [0.05, 0.1) is 0 Å². The van der Waals surface area contributed by atoms with E-state index in [-0.39, 0.29) is 6.03 Å². The van der Waals surface area contributed by atoms with Gasteiger partial charge in [-0.05, 0) is 36.9 Å². The third-order valence-corrected chi connectivity index (χ3v) is 6.14. The Hall–Kier alpha value is -1.11. The molecule has 1 unspecified atom stereocenters. The van der Waals surface area contributed by atoms with Crippen molar-refractivity contribution in [1.82, 2.24) is 20.0 Å². The van der Waals surface area contributed by atoms with Gasteiger partial charge in [-0.25, -0.2) is 4.79 Å². The SMILES string of the molecule is CCN1CCN(C(C)CNC(=O)N2CCc3sccc3C2)CC1. The molecule has 2 aliphatic heterocycles. The number of hydrogen-bond acceptors (Lipinski definition) is 4. The fourth-order valence-corrected chi connectivity index (χ4v) is 4.31. The molecule has 0 spiro atoms. The molecule has 2 amide bonds. The zero-order valence-corrected chi connectivity index (χ0v) is 15.1. The number of piperazine rings is 1. The first kappa shape index (κ1) is 16.7. The molecular weight excluding hydrogens is 308 g/mol. The van der Waals surface area contributed by atoms with Crippen LogP contribution in [0.3, 0.4) is 0 Å². The minimum atomic E-state index is 0.0842. The molecule has 1 atom stereocenters. The molecule has 6 heteroatoms. The van der Waals surface area contributed by atoms with Gasteiger partial charge >= 0.3 is 6.03 Å². The zero-order valence-electron chi connectivity index (χ0n) is 14.3. The van der Waals surface area contributed by atoms with Gasteiger partial charge < -0.3 is 15.1 Å². The summed E-state index contributed by atoms with van der Waals surface area (Å²) in [7, 11) is 0. The lowest BCUT2D eigenvalue weighted by molar-refractivity contribution is 0.105. The van der Waals surface area contributed by atoms with Crippen LogP contribution in [0.15, 0.2) is 11.4 Å². The van der Waals surface area contributed by atoms with Crippen LogP contribution in [0.25, 0.3) is 0 Å². The molecule has 1 N–H and O–H groups in total. The Bertz CT molecular complexity index is 524. The van der Waals surface area contributed by atoms with Gasteiger partial charge in [0.1, 0.15) is 0 Å². The highest BCUT2D eigenvalue weighted by Crippen LogP contribution is 2.23. The Kier molecular flexibility index (Phi) is 5.56. The first-order chi connectivity index (χ1) is 11.2. The van der Waals surface area contributed by atoms with E-state index in [9.17, 15) is 4.79 Å². The Morgan fingerprint density at radius 1 is 1.30 bits per heavy atom. The Labute approximate surface area is 143 Å². The van der Waals surface area contributed by atoms with Crippen molar-refractivity contribution < 1.29 is 4.79 Å². The maximum absolute atomic E-state index is 12.4. The zero-order chi connectivity index (χ0) is 16.2. The minimum Gasteiger partial charge on any atom is -0.336 e. The van der Waals surface area contributed by atoms with Crippen molar-refractivity contribution in [3.8, 4) is 0 Å². The first-order valence-electron chi connectivity index (χ1n) is 8.71. The molecule has 1 saturated heterocycles. The van der Waals surface area contributed by atoms with E-state index in [2.05, 4.69) is 40.4 Å². The number of carbonyl (C=O) groups excluding carboxylic acids is 1. The van der Waals surface area contributed by atoms with E-state index in [0.717, 1.165) is 58.8 Å². The summed E-state index contributed by atoms with van der Waals surface area (Å²) in [5.41, 5.74) is 1.32. The molecule has 0 radical (unpaired) electrons. The second kappa shape index (κ2) is 7.64. The number of rotatable bonds is 4. The van der Waals surface area contributed by atoms with Gasteiger partial charge in [0, 0.05) is 56.7 Å². The van der Waals surface area contributed by atoms with Crippen LogP contribution >= 0.6 is 11.3 Å². The lowest BCUT2D eigenvalue weighted by Gasteiger charge is -2.38. The number of urea groups is 1. The molecule has 2 aliphatic rings. The molecular formula is C17H28N4OS. The number of thiophene rings is 1. The van der Waals surface area contributed by atoms with Gasteiger partial charge in [-0.1, -0.05) is 6.92 Å². The van der Waals surface area contributed by atoms with Gasteiger partial charge in [-0.2, -0.15) is 0 Å². The molecule has 0 bridgehead atoms. The second-order valence-corrected chi connectivity index (χ2v) is 7.55. The van der Waals surface area contributed by atoms with Crippen LogP contribution < -0.4 is 5.32 Å². The molecule has 0 saturated carbocycles.